The third-order valence-corrected chi connectivity index (χ3v) is 5.47. The maximum atomic E-state index is 13.2. The fourth-order valence-electron chi connectivity index (χ4n) is 3.76. The Balaban J connectivity index is 1.29. The standard InChI is InChI=1S/C23H21FN6O3/c24-16-1-5-19(6-2-16)30-22-20(13-26-30)23(32)29(15-25-22)14-21(31)27-17-3-7-18(8-4-17)28-9-11-33-12-10-28/h1-8,13,15H,9-12,14H2,(H,27,31). The second-order valence-electron chi connectivity index (χ2n) is 7.64. The second-order valence-corrected chi connectivity index (χ2v) is 7.64. The maximum Gasteiger partial charge on any atom is 0.264 e. The Labute approximate surface area is 188 Å². The number of nitrogens with zero attached hydrogens (tertiary/aromatic N) is 5. The second kappa shape index (κ2) is 8.83. The summed E-state index contributed by atoms with van der Waals surface area (Å²) < 4.78 is 21.3. The molecule has 2 aromatic heterocycles. The van der Waals surface area contributed by atoms with E-state index in [1.54, 1.807) is 12.1 Å². The van der Waals surface area contributed by atoms with E-state index in [0.717, 1.165) is 18.8 Å². The summed E-state index contributed by atoms with van der Waals surface area (Å²) >= 11 is 0. The van der Waals surface area contributed by atoms with Crippen LogP contribution in [0.5, 0.6) is 0 Å². The predicted octanol–water partition coefficient (Wildman–Crippen LogP) is 2.20. The highest BCUT2D eigenvalue weighted by Crippen LogP contribution is 2.19. The van der Waals surface area contributed by atoms with E-state index in [4.69, 9.17) is 4.74 Å². The Bertz CT molecular complexity index is 1340. The van der Waals surface area contributed by atoms with Crippen molar-refractivity contribution in [2.45, 2.75) is 6.54 Å². The predicted molar refractivity (Wildman–Crippen MR) is 121 cm³/mol. The lowest BCUT2D eigenvalue weighted by Crippen LogP contribution is -2.36. The average molecular weight is 448 g/mol. The molecule has 1 fully saturated rings. The van der Waals surface area contributed by atoms with Gasteiger partial charge in [0.25, 0.3) is 5.56 Å². The van der Waals surface area contributed by atoms with Gasteiger partial charge in [-0.2, -0.15) is 5.10 Å². The molecule has 0 aliphatic carbocycles. The Hall–Kier alpha value is -4.05. The first-order valence-electron chi connectivity index (χ1n) is 10.5. The van der Waals surface area contributed by atoms with Crippen LogP contribution in [0, 0.1) is 5.82 Å². The SMILES string of the molecule is O=C(Cn1cnc2c(cnn2-c2ccc(F)cc2)c1=O)Nc1ccc(N2CCOCC2)cc1. The molecule has 2 aromatic carbocycles. The number of hydrogen-bond donors (Lipinski definition) is 1. The normalized spacial score (nSPS) is 13.9. The zero-order valence-corrected chi connectivity index (χ0v) is 17.6. The van der Waals surface area contributed by atoms with Gasteiger partial charge >= 0.3 is 0 Å². The molecule has 9 nitrogen and oxygen atoms in total. The van der Waals surface area contributed by atoms with E-state index in [1.165, 1.54) is 33.9 Å². The molecule has 0 atom stereocenters. The smallest absolute Gasteiger partial charge is 0.264 e. The summed E-state index contributed by atoms with van der Waals surface area (Å²) in [5.41, 5.74) is 2.24. The first-order valence-corrected chi connectivity index (χ1v) is 10.5. The molecular weight excluding hydrogens is 427 g/mol. The Morgan fingerprint density at radius 3 is 2.45 bits per heavy atom. The molecule has 4 aromatic rings. The van der Waals surface area contributed by atoms with E-state index in [1.807, 2.05) is 24.3 Å². The van der Waals surface area contributed by atoms with Crippen LogP contribution >= 0.6 is 0 Å². The molecule has 5 rings (SSSR count). The van der Waals surface area contributed by atoms with Gasteiger partial charge in [0.1, 0.15) is 24.1 Å². The van der Waals surface area contributed by atoms with Crippen molar-refractivity contribution in [3.63, 3.8) is 0 Å². The number of nitrogens with one attached hydrogen (secondary N) is 1. The van der Waals surface area contributed by atoms with Crippen molar-refractivity contribution in [2.24, 2.45) is 0 Å². The molecule has 10 heteroatoms. The van der Waals surface area contributed by atoms with Gasteiger partial charge in [-0.3, -0.25) is 14.2 Å². The van der Waals surface area contributed by atoms with Crippen LogP contribution in [0.3, 0.4) is 0 Å². The number of halogens is 1. The molecular formula is C23H21FN6O3. The van der Waals surface area contributed by atoms with E-state index < -0.39 is 0 Å². The Kier molecular flexibility index (Phi) is 5.57. The van der Waals surface area contributed by atoms with Crippen LogP contribution in [0.15, 0.2) is 65.8 Å². The number of morpholine rings is 1. The van der Waals surface area contributed by atoms with E-state index in [0.29, 0.717) is 30.2 Å². The van der Waals surface area contributed by atoms with E-state index in [9.17, 15) is 14.0 Å². The molecule has 0 unspecified atom stereocenters. The molecule has 0 radical (unpaired) electrons. The first-order chi connectivity index (χ1) is 16.1. The van der Waals surface area contributed by atoms with Gasteiger partial charge in [0.05, 0.1) is 25.1 Å². The quantitative estimate of drug-likeness (QED) is 0.503. The van der Waals surface area contributed by atoms with Crippen molar-refractivity contribution in [1.82, 2.24) is 19.3 Å². The third kappa shape index (κ3) is 4.33. The minimum absolute atomic E-state index is 0.186. The zero-order chi connectivity index (χ0) is 22.8. The molecule has 1 saturated heterocycles. The maximum absolute atomic E-state index is 13.2. The lowest BCUT2D eigenvalue weighted by atomic mass is 10.2. The van der Waals surface area contributed by atoms with Gasteiger partial charge in [0.2, 0.25) is 5.91 Å². The van der Waals surface area contributed by atoms with Crippen LogP contribution in [-0.2, 0) is 16.1 Å². The molecule has 3 heterocycles. The summed E-state index contributed by atoms with van der Waals surface area (Å²) in [6.07, 6.45) is 2.71. The van der Waals surface area contributed by atoms with Gasteiger partial charge in [-0.25, -0.2) is 14.1 Å². The fraction of sp³-hybridized carbons (Fsp3) is 0.217. The number of rotatable bonds is 5. The van der Waals surface area contributed by atoms with Gasteiger partial charge in [0.15, 0.2) is 5.65 Å². The molecule has 1 aliphatic rings. The lowest BCUT2D eigenvalue weighted by molar-refractivity contribution is -0.116. The topological polar surface area (TPSA) is 94.3 Å². The summed E-state index contributed by atoms with van der Waals surface area (Å²) in [6.45, 7) is 2.89. The monoisotopic (exact) mass is 448 g/mol. The number of fused-ring (bicyclic) bond motifs is 1. The van der Waals surface area contributed by atoms with E-state index in [2.05, 4.69) is 20.3 Å². The Morgan fingerprint density at radius 1 is 1.03 bits per heavy atom. The highest BCUT2D eigenvalue weighted by molar-refractivity contribution is 5.91. The molecule has 1 aliphatic heterocycles. The van der Waals surface area contributed by atoms with Crippen LogP contribution in [0.1, 0.15) is 0 Å². The fourth-order valence-corrected chi connectivity index (χ4v) is 3.76. The largest absolute Gasteiger partial charge is 0.378 e. The number of amides is 1. The van der Waals surface area contributed by atoms with Gasteiger partial charge in [-0.1, -0.05) is 0 Å². The van der Waals surface area contributed by atoms with Crippen LogP contribution in [0.25, 0.3) is 16.7 Å². The molecule has 0 saturated carbocycles. The summed E-state index contributed by atoms with van der Waals surface area (Å²) in [6, 6.07) is 13.3. The van der Waals surface area contributed by atoms with Crippen molar-refractivity contribution in [3.05, 3.63) is 77.2 Å². The van der Waals surface area contributed by atoms with E-state index >= 15 is 0 Å². The molecule has 0 bridgehead atoms. The van der Waals surface area contributed by atoms with Gasteiger partial charge < -0.3 is 15.0 Å². The van der Waals surface area contributed by atoms with E-state index in [-0.39, 0.29) is 29.2 Å². The lowest BCUT2D eigenvalue weighted by Gasteiger charge is -2.28. The zero-order valence-electron chi connectivity index (χ0n) is 17.6. The molecule has 33 heavy (non-hydrogen) atoms. The highest BCUT2D eigenvalue weighted by atomic mass is 19.1. The Morgan fingerprint density at radius 2 is 1.73 bits per heavy atom. The van der Waals surface area contributed by atoms with Crippen molar-refractivity contribution in [3.8, 4) is 5.69 Å². The first kappa shape index (κ1) is 20.8. The minimum atomic E-state index is -0.383. The van der Waals surface area contributed by atoms with Crippen molar-refractivity contribution < 1.29 is 13.9 Å². The summed E-state index contributed by atoms with van der Waals surface area (Å²) in [4.78, 5) is 31.9. The van der Waals surface area contributed by atoms with Crippen LogP contribution in [0.4, 0.5) is 15.8 Å². The number of anilines is 2. The summed E-state index contributed by atoms with van der Waals surface area (Å²) in [5.74, 6) is -0.712. The highest BCUT2D eigenvalue weighted by Gasteiger charge is 2.14. The van der Waals surface area contributed by atoms with Crippen LogP contribution in [-0.4, -0.2) is 51.5 Å². The van der Waals surface area contributed by atoms with Crippen molar-refractivity contribution in [2.75, 3.05) is 36.5 Å². The average Bonchev–Trinajstić information content (AvgIpc) is 3.27. The van der Waals surface area contributed by atoms with Crippen molar-refractivity contribution >= 4 is 28.3 Å². The summed E-state index contributed by atoms with van der Waals surface area (Å²) in [7, 11) is 0. The number of ether oxygens (including phenoxy) is 1. The molecule has 1 amide bonds. The van der Waals surface area contributed by atoms with Gasteiger partial charge in [0, 0.05) is 24.5 Å². The number of carbonyl (C=O) groups is 1. The minimum Gasteiger partial charge on any atom is -0.378 e. The number of benzene rings is 2. The number of carbonyl (C=O) groups excluding carboxylic acids is 1. The molecule has 0 spiro atoms. The third-order valence-electron chi connectivity index (χ3n) is 5.47. The molecule has 168 valence electrons. The summed E-state index contributed by atoms with van der Waals surface area (Å²) in [5, 5.41) is 7.27. The number of hydrogen-bond acceptors (Lipinski definition) is 6. The molecule has 1 N–H and O–H groups in total. The van der Waals surface area contributed by atoms with Gasteiger partial charge in [-0.15, -0.1) is 0 Å². The van der Waals surface area contributed by atoms with Crippen molar-refractivity contribution in [1.29, 1.82) is 0 Å². The van der Waals surface area contributed by atoms with Crippen LogP contribution in [0.2, 0.25) is 0 Å². The van der Waals surface area contributed by atoms with Gasteiger partial charge in [-0.05, 0) is 48.5 Å². The number of aromatic nitrogens is 4. The van der Waals surface area contributed by atoms with Crippen LogP contribution < -0.4 is 15.8 Å².